The average molecular weight is 374 g/mol. The van der Waals surface area contributed by atoms with Crippen molar-refractivity contribution in [2.24, 2.45) is 17.6 Å². The van der Waals surface area contributed by atoms with Crippen LogP contribution in [0.15, 0.2) is 23.0 Å². The Hall–Kier alpha value is -1.43. The molecule has 0 amide bonds. The summed E-state index contributed by atoms with van der Waals surface area (Å²) in [5.74, 6) is 1.52. The van der Waals surface area contributed by atoms with Gasteiger partial charge in [0.1, 0.15) is 11.8 Å². The summed E-state index contributed by atoms with van der Waals surface area (Å²) in [6.07, 6.45) is 15.8. The molecule has 0 spiro atoms. The van der Waals surface area contributed by atoms with E-state index in [1.807, 2.05) is 0 Å². The predicted molar refractivity (Wildman–Crippen MR) is 117 cm³/mol. The minimum atomic E-state index is 0.406. The van der Waals surface area contributed by atoms with Crippen molar-refractivity contribution in [3.8, 4) is 6.07 Å². The van der Waals surface area contributed by atoms with E-state index >= 15 is 0 Å². The van der Waals surface area contributed by atoms with Crippen LogP contribution in [0.5, 0.6) is 0 Å². The second-order valence-electron chi connectivity index (χ2n) is 8.28. The number of nitrogens with two attached hydrogens (primary N) is 1. The molecule has 1 aliphatic rings. The highest BCUT2D eigenvalue weighted by atomic mass is 15.1. The van der Waals surface area contributed by atoms with Crippen molar-refractivity contribution in [1.82, 2.24) is 4.90 Å². The molecule has 0 aromatic carbocycles. The summed E-state index contributed by atoms with van der Waals surface area (Å²) in [5.41, 5.74) is 8.82. The van der Waals surface area contributed by atoms with Crippen LogP contribution in [0.2, 0.25) is 0 Å². The highest BCUT2D eigenvalue weighted by Gasteiger charge is 2.21. The summed E-state index contributed by atoms with van der Waals surface area (Å²) < 4.78 is 0. The van der Waals surface area contributed by atoms with E-state index in [0.717, 1.165) is 49.8 Å². The number of hydrogen-bond donors (Lipinski definition) is 1. The number of unbranched alkanes of at least 4 members (excludes halogenated alkanes) is 2. The lowest BCUT2D eigenvalue weighted by Gasteiger charge is -2.36. The van der Waals surface area contributed by atoms with Gasteiger partial charge in [0.15, 0.2) is 0 Å². The molecule has 2 N–H and O–H groups in total. The summed E-state index contributed by atoms with van der Waals surface area (Å²) in [7, 11) is 0. The first-order chi connectivity index (χ1) is 13.1. The van der Waals surface area contributed by atoms with Gasteiger partial charge in [-0.2, -0.15) is 5.26 Å². The zero-order valence-corrected chi connectivity index (χ0v) is 18.4. The molecular weight excluding hydrogens is 330 g/mol. The molecule has 1 aliphatic carbocycles. The molecule has 0 aromatic heterocycles. The summed E-state index contributed by atoms with van der Waals surface area (Å²) in [5, 5.41) is 9.20. The minimum Gasteiger partial charge on any atom is -0.390 e. The standard InChI is InChI=1S/C24H43N3/c1-5-9-12-20(7-3)18-27(19-21(8-4)13-10-6-2)23-15-11-14-22(16-23)24(26)17-25/h16,20-21H,5-15,18-19,26H2,1-4H3/b24-22-. The van der Waals surface area contributed by atoms with Crippen LogP contribution in [0.25, 0.3) is 0 Å². The van der Waals surface area contributed by atoms with Crippen molar-refractivity contribution in [3.63, 3.8) is 0 Å². The van der Waals surface area contributed by atoms with Crippen molar-refractivity contribution in [2.75, 3.05) is 13.1 Å². The molecule has 0 aliphatic heterocycles. The Morgan fingerprint density at radius 1 is 1.04 bits per heavy atom. The van der Waals surface area contributed by atoms with Crippen LogP contribution in [0.1, 0.15) is 98.3 Å². The molecule has 154 valence electrons. The molecular formula is C24H43N3. The normalized spacial score (nSPS) is 18.4. The monoisotopic (exact) mass is 373 g/mol. The number of allylic oxidation sites excluding steroid dienone is 4. The molecule has 0 aromatic rings. The van der Waals surface area contributed by atoms with Gasteiger partial charge < -0.3 is 10.6 Å². The van der Waals surface area contributed by atoms with Crippen molar-refractivity contribution < 1.29 is 0 Å². The van der Waals surface area contributed by atoms with E-state index in [2.05, 4.69) is 44.7 Å². The maximum absolute atomic E-state index is 9.20. The fourth-order valence-corrected chi connectivity index (χ4v) is 4.11. The fourth-order valence-electron chi connectivity index (χ4n) is 4.11. The lowest BCUT2D eigenvalue weighted by atomic mass is 9.92. The van der Waals surface area contributed by atoms with E-state index in [0.29, 0.717) is 5.70 Å². The van der Waals surface area contributed by atoms with Gasteiger partial charge in [-0.3, -0.25) is 0 Å². The van der Waals surface area contributed by atoms with Crippen molar-refractivity contribution in [2.45, 2.75) is 98.3 Å². The number of hydrogen-bond acceptors (Lipinski definition) is 3. The number of nitrogens with zero attached hydrogens (tertiary/aromatic N) is 2. The van der Waals surface area contributed by atoms with Crippen molar-refractivity contribution in [3.05, 3.63) is 23.0 Å². The molecule has 0 bridgehead atoms. The Balaban J connectivity index is 3.01. The fraction of sp³-hybridized carbons (Fsp3) is 0.792. The largest absolute Gasteiger partial charge is 0.390 e. The molecule has 3 heteroatoms. The van der Waals surface area contributed by atoms with Crippen LogP contribution in [-0.2, 0) is 0 Å². The quantitative estimate of drug-likeness (QED) is 0.374. The predicted octanol–water partition coefficient (Wildman–Crippen LogP) is 6.53. The Labute approximate surface area is 168 Å². The van der Waals surface area contributed by atoms with Crippen molar-refractivity contribution in [1.29, 1.82) is 5.26 Å². The Kier molecular flexibility index (Phi) is 12.0. The number of rotatable bonds is 13. The van der Waals surface area contributed by atoms with Gasteiger partial charge in [-0.15, -0.1) is 0 Å². The molecule has 1 rings (SSSR count). The van der Waals surface area contributed by atoms with Crippen LogP contribution in [-0.4, -0.2) is 18.0 Å². The van der Waals surface area contributed by atoms with E-state index in [1.54, 1.807) is 0 Å². The second-order valence-corrected chi connectivity index (χ2v) is 8.28. The van der Waals surface area contributed by atoms with Gasteiger partial charge >= 0.3 is 0 Å². The third-order valence-corrected chi connectivity index (χ3v) is 6.14. The summed E-state index contributed by atoms with van der Waals surface area (Å²) in [4.78, 5) is 2.66. The third-order valence-electron chi connectivity index (χ3n) is 6.14. The van der Waals surface area contributed by atoms with E-state index in [4.69, 9.17) is 5.73 Å². The van der Waals surface area contributed by atoms with Gasteiger partial charge in [-0.25, -0.2) is 0 Å². The van der Waals surface area contributed by atoms with Gasteiger partial charge in [0.05, 0.1) is 0 Å². The van der Waals surface area contributed by atoms with E-state index in [-0.39, 0.29) is 0 Å². The summed E-state index contributed by atoms with van der Waals surface area (Å²) >= 11 is 0. The van der Waals surface area contributed by atoms with Crippen molar-refractivity contribution >= 4 is 0 Å². The molecule has 27 heavy (non-hydrogen) atoms. The Morgan fingerprint density at radius 3 is 2.04 bits per heavy atom. The highest BCUT2D eigenvalue weighted by Crippen LogP contribution is 2.29. The van der Waals surface area contributed by atoms with Crippen LogP contribution in [0, 0.1) is 23.2 Å². The first-order valence-corrected chi connectivity index (χ1v) is 11.4. The molecule has 0 radical (unpaired) electrons. The first kappa shape index (κ1) is 23.6. The highest BCUT2D eigenvalue weighted by molar-refractivity contribution is 5.36. The molecule has 0 heterocycles. The summed E-state index contributed by atoms with van der Waals surface area (Å²) in [6.45, 7) is 11.6. The van der Waals surface area contributed by atoms with Gasteiger partial charge in [-0.05, 0) is 55.6 Å². The minimum absolute atomic E-state index is 0.406. The van der Waals surface area contributed by atoms with E-state index < -0.39 is 0 Å². The van der Waals surface area contributed by atoms with E-state index in [9.17, 15) is 5.26 Å². The lowest BCUT2D eigenvalue weighted by molar-refractivity contribution is 0.215. The van der Waals surface area contributed by atoms with Gasteiger partial charge in [0.25, 0.3) is 0 Å². The first-order valence-electron chi connectivity index (χ1n) is 11.4. The van der Waals surface area contributed by atoms with Crippen LogP contribution in [0.4, 0.5) is 0 Å². The zero-order chi connectivity index (χ0) is 20.1. The van der Waals surface area contributed by atoms with Crippen LogP contribution >= 0.6 is 0 Å². The van der Waals surface area contributed by atoms with Gasteiger partial charge in [-0.1, -0.05) is 66.2 Å². The molecule has 3 nitrogen and oxygen atoms in total. The molecule has 0 saturated carbocycles. The smallest absolute Gasteiger partial charge is 0.117 e. The number of nitriles is 1. The Morgan fingerprint density at radius 2 is 1.59 bits per heavy atom. The maximum atomic E-state index is 9.20. The SMILES string of the molecule is CCCCC(CC)CN(CC(CC)CCCC)C1=C/C(=C(\N)C#N)CCC1. The van der Waals surface area contributed by atoms with Gasteiger partial charge in [0.2, 0.25) is 0 Å². The molecule has 2 atom stereocenters. The molecule has 2 unspecified atom stereocenters. The van der Waals surface area contributed by atoms with E-state index in [1.165, 1.54) is 57.1 Å². The topological polar surface area (TPSA) is 53.0 Å². The second kappa shape index (κ2) is 13.7. The molecule has 0 saturated heterocycles. The lowest BCUT2D eigenvalue weighted by Crippen LogP contribution is -2.34. The van der Waals surface area contributed by atoms with Crippen LogP contribution < -0.4 is 5.73 Å². The van der Waals surface area contributed by atoms with Crippen LogP contribution in [0.3, 0.4) is 0 Å². The maximum Gasteiger partial charge on any atom is 0.117 e. The molecule has 0 fully saturated rings. The Bertz CT molecular complexity index is 494. The average Bonchev–Trinajstić information content (AvgIpc) is 2.72. The zero-order valence-electron chi connectivity index (χ0n) is 18.4. The third kappa shape index (κ3) is 8.41. The van der Waals surface area contributed by atoms with Gasteiger partial charge in [0, 0.05) is 18.8 Å². The summed E-state index contributed by atoms with van der Waals surface area (Å²) in [6, 6.07) is 2.15.